The van der Waals surface area contributed by atoms with Crippen molar-refractivity contribution in [3.63, 3.8) is 0 Å². The van der Waals surface area contributed by atoms with Crippen molar-refractivity contribution in [1.29, 1.82) is 0 Å². The van der Waals surface area contributed by atoms with Gasteiger partial charge in [0.1, 0.15) is 0 Å². The Hall–Kier alpha value is 0.110. The van der Waals surface area contributed by atoms with Crippen molar-refractivity contribution in [1.82, 2.24) is 4.98 Å². The Labute approximate surface area is 77.1 Å². The van der Waals surface area contributed by atoms with Gasteiger partial charge in [0.15, 0.2) is 0 Å². The van der Waals surface area contributed by atoms with E-state index in [-0.39, 0.29) is 0 Å². The van der Waals surface area contributed by atoms with Gasteiger partial charge in [-0.1, -0.05) is 15.9 Å². The van der Waals surface area contributed by atoms with E-state index in [1.165, 1.54) is 0 Å². The third-order valence-electron chi connectivity index (χ3n) is 1.16. The monoisotopic (exact) mass is 263 g/mol. The van der Waals surface area contributed by atoms with Crippen molar-refractivity contribution >= 4 is 31.9 Å². The molecule has 1 aromatic rings. The van der Waals surface area contributed by atoms with Crippen LogP contribution in [0.3, 0.4) is 0 Å². The Morgan fingerprint density at radius 1 is 1.50 bits per heavy atom. The number of pyridine rings is 1. The van der Waals surface area contributed by atoms with Crippen LogP contribution in [-0.2, 0) is 0 Å². The quantitative estimate of drug-likeness (QED) is 0.710. The van der Waals surface area contributed by atoms with Gasteiger partial charge in [-0.2, -0.15) is 0 Å². The van der Waals surface area contributed by atoms with E-state index in [0.29, 0.717) is 4.83 Å². The first-order valence-electron chi connectivity index (χ1n) is 2.95. The minimum Gasteiger partial charge on any atom is -0.259 e. The minimum absolute atomic E-state index is 0.334. The van der Waals surface area contributed by atoms with Crippen LogP contribution in [0.1, 0.15) is 17.4 Å². The van der Waals surface area contributed by atoms with Gasteiger partial charge in [-0.3, -0.25) is 4.98 Å². The lowest BCUT2D eigenvalue weighted by molar-refractivity contribution is 1.02. The van der Waals surface area contributed by atoms with E-state index in [1.54, 1.807) is 6.20 Å². The van der Waals surface area contributed by atoms with E-state index in [1.807, 2.05) is 12.1 Å². The van der Waals surface area contributed by atoms with Crippen LogP contribution in [0.4, 0.5) is 0 Å². The van der Waals surface area contributed by atoms with E-state index < -0.39 is 0 Å². The molecule has 1 aromatic heterocycles. The number of alkyl halides is 1. The number of nitrogens with zero attached hydrogens (tertiary/aromatic N) is 1. The maximum absolute atomic E-state index is 4.18. The fourth-order valence-electron chi connectivity index (χ4n) is 0.623. The molecule has 0 aliphatic rings. The average Bonchev–Trinajstić information content (AvgIpc) is 1.88. The van der Waals surface area contributed by atoms with E-state index >= 15 is 0 Å². The summed E-state index contributed by atoms with van der Waals surface area (Å²) in [5.41, 5.74) is 1.06. The zero-order chi connectivity index (χ0) is 7.56. The van der Waals surface area contributed by atoms with Gasteiger partial charge < -0.3 is 0 Å². The summed E-state index contributed by atoms with van der Waals surface area (Å²) in [6.07, 6.45) is 1.80. The molecule has 3 heteroatoms. The van der Waals surface area contributed by atoms with Gasteiger partial charge >= 0.3 is 0 Å². The van der Waals surface area contributed by atoms with E-state index in [0.717, 1.165) is 10.2 Å². The van der Waals surface area contributed by atoms with Crippen LogP contribution in [0.15, 0.2) is 22.8 Å². The number of rotatable bonds is 1. The predicted octanol–water partition coefficient (Wildman–Crippen LogP) is 3.30. The van der Waals surface area contributed by atoms with Gasteiger partial charge in [-0.25, -0.2) is 0 Å². The molecule has 1 atom stereocenters. The van der Waals surface area contributed by atoms with Crippen molar-refractivity contribution in [2.75, 3.05) is 0 Å². The maximum atomic E-state index is 4.18. The molecule has 0 aromatic carbocycles. The van der Waals surface area contributed by atoms with Gasteiger partial charge in [-0.05, 0) is 35.0 Å². The molecule has 0 fully saturated rings. The second-order valence-electron chi connectivity index (χ2n) is 2.02. The van der Waals surface area contributed by atoms with Crippen LogP contribution in [-0.4, -0.2) is 4.98 Å². The van der Waals surface area contributed by atoms with Gasteiger partial charge in [0, 0.05) is 10.7 Å². The largest absolute Gasteiger partial charge is 0.259 e. The molecule has 0 N–H and O–H groups in total. The van der Waals surface area contributed by atoms with Crippen molar-refractivity contribution in [2.24, 2.45) is 0 Å². The molecule has 1 nitrogen and oxygen atoms in total. The summed E-state index contributed by atoms with van der Waals surface area (Å²) in [6, 6.07) is 3.98. The second-order valence-corrected chi connectivity index (χ2v) is 4.31. The zero-order valence-electron chi connectivity index (χ0n) is 5.51. The fourth-order valence-corrected chi connectivity index (χ4v) is 1.13. The number of hydrogen-bond acceptors (Lipinski definition) is 1. The molecule has 1 unspecified atom stereocenters. The Bertz CT molecular complexity index is 205. The van der Waals surface area contributed by atoms with Crippen LogP contribution in [0.25, 0.3) is 0 Å². The highest BCUT2D eigenvalue weighted by Crippen LogP contribution is 2.20. The average molecular weight is 265 g/mol. The van der Waals surface area contributed by atoms with Crippen LogP contribution < -0.4 is 0 Å². The van der Waals surface area contributed by atoms with Crippen molar-refractivity contribution < 1.29 is 0 Å². The maximum Gasteiger partial charge on any atom is 0.0539 e. The summed E-state index contributed by atoms with van der Waals surface area (Å²) in [5, 5.41) is 0. The topological polar surface area (TPSA) is 12.9 Å². The predicted molar refractivity (Wildman–Crippen MR) is 49.3 cm³/mol. The summed E-state index contributed by atoms with van der Waals surface area (Å²) in [4.78, 5) is 4.52. The lowest BCUT2D eigenvalue weighted by atomic mass is 10.3. The van der Waals surface area contributed by atoms with Crippen LogP contribution in [0, 0.1) is 0 Å². The SMILES string of the molecule is CC(Br)c1ccc(Br)cn1. The Morgan fingerprint density at radius 3 is 2.60 bits per heavy atom. The third kappa shape index (κ3) is 2.06. The normalized spacial score (nSPS) is 13.1. The van der Waals surface area contributed by atoms with Crippen LogP contribution >= 0.6 is 31.9 Å². The molecule has 0 radical (unpaired) electrons. The van der Waals surface area contributed by atoms with Crippen molar-refractivity contribution in [3.05, 3.63) is 28.5 Å². The summed E-state index contributed by atoms with van der Waals surface area (Å²) < 4.78 is 1.02. The van der Waals surface area contributed by atoms with E-state index in [9.17, 15) is 0 Å². The first-order valence-corrected chi connectivity index (χ1v) is 4.66. The molecule has 54 valence electrons. The smallest absolute Gasteiger partial charge is 0.0539 e. The highest BCUT2D eigenvalue weighted by molar-refractivity contribution is 9.10. The summed E-state index contributed by atoms with van der Waals surface area (Å²) >= 11 is 6.75. The zero-order valence-corrected chi connectivity index (χ0v) is 8.68. The molecule has 0 saturated carbocycles. The van der Waals surface area contributed by atoms with Gasteiger partial charge in [0.05, 0.1) is 10.5 Å². The summed E-state index contributed by atoms with van der Waals surface area (Å²) in [5.74, 6) is 0. The number of hydrogen-bond donors (Lipinski definition) is 0. The molecule has 0 aliphatic carbocycles. The van der Waals surface area contributed by atoms with E-state index in [4.69, 9.17) is 0 Å². The van der Waals surface area contributed by atoms with Crippen LogP contribution in [0.2, 0.25) is 0 Å². The molecule has 0 amide bonds. The Kier molecular flexibility index (Phi) is 2.86. The van der Waals surface area contributed by atoms with Crippen molar-refractivity contribution in [3.8, 4) is 0 Å². The van der Waals surface area contributed by atoms with Crippen LogP contribution in [0.5, 0.6) is 0 Å². The number of halogens is 2. The molecule has 0 aliphatic heterocycles. The Balaban J connectivity index is 2.89. The molecule has 1 rings (SSSR count). The molecule has 0 bridgehead atoms. The fraction of sp³-hybridized carbons (Fsp3) is 0.286. The third-order valence-corrected chi connectivity index (χ3v) is 2.10. The highest BCUT2D eigenvalue weighted by Gasteiger charge is 1.99. The second kappa shape index (κ2) is 3.49. The molecular formula is C7H7Br2N. The molecular weight excluding hydrogens is 258 g/mol. The standard InChI is InChI=1S/C7H7Br2N/c1-5(8)7-3-2-6(9)4-10-7/h2-5H,1H3. The molecule has 0 saturated heterocycles. The lowest BCUT2D eigenvalue weighted by Gasteiger charge is -2.00. The van der Waals surface area contributed by atoms with Gasteiger partial charge in [0.25, 0.3) is 0 Å². The summed E-state index contributed by atoms with van der Waals surface area (Å²) in [7, 11) is 0. The van der Waals surface area contributed by atoms with Gasteiger partial charge in [-0.15, -0.1) is 0 Å². The summed E-state index contributed by atoms with van der Waals surface area (Å²) in [6.45, 7) is 2.05. The molecule has 10 heavy (non-hydrogen) atoms. The molecule has 1 heterocycles. The van der Waals surface area contributed by atoms with E-state index in [2.05, 4.69) is 43.8 Å². The first kappa shape index (κ1) is 8.21. The lowest BCUT2D eigenvalue weighted by Crippen LogP contribution is -1.86. The Morgan fingerprint density at radius 2 is 2.20 bits per heavy atom. The first-order chi connectivity index (χ1) is 4.70. The minimum atomic E-state index is 0.334. The number of aromatic nitrogens is 1. The van der Waals surface area contributed by atoms with Gasteiger partial charge in [0.2, 0.25) is 0 Å². The van der Waals surface area contributed by atoms with Crippen molar-refractivity contribution in [2.45, 2.75) is 11.8 Å². The highest BCUT2D eigenvalue weighted by atomic mass is 79.9. The molecule has 0 spiro atoms.